The third kappa shape index (κ3) is 1.20. The minimum Gasteiger partial charge on any atom is -0.253 e. The molecule has 0 spiro atoms. The van der Waals surface area contributed by atoms with E-state index in [2.05, 4.69) is 10.1 Å². The zero-order chi connectivity index (χ0) is 5.28. The lowest BCUT2D eigenvalue weighted by Crippen LogP contribution is -1.91. The maximum atomic E-state index is 3.87. The lowest BCUT2D eigenvalue weighted by molar-refractivity contribution is 0.734. The summed E-state index contributed by atoms with van der Waals surface area (Å²) in [6.07, 6.45) is 1.54. The van der Waals surface area contributed by atoms with E-state index in [4.69, 9.17) is 0 Å². The monoisotopic (exact) mass is 133 g/mol. The van der Waals surface area contributed by atoms with Crippen LogP contribution in [0.15, 0.2) is 6.33 Å². The normalized spacial score (nSPS) is 8.25. The molecule has 8 heavy (non-hydrogen) atoms. The van der Waals surface area contributed by atoms with Crippen LogP contribution in [0.1, 0.15) is 5.82 Å². The fraction of sp³-hybridized carbons (Fsp3) is 0.500. The molecule has 0 aliphatic heterocycles. The minimum atomic E-state index is 0. The van der Waals surface area contributed by atoms with Crippen molar-refractivity contribution in [3.8, 4) is 0 Å². The van der Waals surface area contributed by atoms with Gasteiger partial charge in [0, 0.05) is 7.05 Å². The summed E-state index contributed by atoms with van der Waals surface area (Å²) in [6.45, 7) is 1.91. The van der Waals surface area contributed by atoms with Crippen LogP contribution in [0.25, 0.3) is 0 Å². The third-order valence-electron chi connectivity index (χ3n) is 0.938. The van der Waals surface area contributed by atoms with Gasteiger partial charge in [-0.05, 0) is 6.92 Å². The standard InChI is InChI=1S/C4H7N3.ClH/c1-4-5-3-6-7(4)2;/h3H,1-2H3;1H. The summed E-state index contributed by atoms with van der Waals surface area (Å²) in [6, 6.07) is 0. The van der Waals surface area contributed by atoms with Crippen LogP contribution in [-0.2, 0) is 7.05 Å². The van der Waals surface area contributed by atoms with Crippen LogP contribution >= 0.6 is 12.4 Å². The number of aromatic nitrogens is 3. The molecule has 3 nitrogen and oxygen atoms in total. The van der Waals surface area contributed by atoms with Crippen molar-refractivity contribution >= 4 is 12.4 Å². The Labute approximate surface area is 54.1 Å². The summed E-state index contributed by atoms with van der Waals surface area (Å²) < 4.78 is 1.72. The predicted octanol–water partition coefficient (Wildman–Crippen LogP) is 0.545. The number of nitrogens with zero attached hydrogens (tertiary/aromatic N) is 3. The molecule has 0 saturated carbocycles. The van der Waals surface area contributed by atoms with Crippen LogP contribution in [0, 0.1) is 6.92 Å². The predicted molar refractivity (Wildman–Crippen MR) is 33.0 cm³/mol. The fourth-order valence-electron chi connectivity index (χ4n) is 0.354. The Morgan fingerprint density at radius 2 is 2.25 bits per heavy atom. The van der Waals surface area contributed by atoms with E-state index in [0.717, 1.165) is 5.82 Å². The summed E-state index contributed by atoms with van der Waals surface area (Å²) in [4.78, 5) is 3.87. The number of rotatable bonds is 0. The second kappa shape index (κ2) is 2.67. The maximum Gasteiger partial charge on any atom is 0.138 e. The van der Waals surface area contributed by atoms with Crippen molar-refractivity contribution in [1.29, 1.82) is 0 Å². The van der Waals surface area contributed by atoms with E-state index in [1.165, 1.54) is 6.33 Å². The summed E-state index contributed by atoms with van der Waals surface area (Å²) in [5.41, 5.74) is 0. The van der Waals surface area contributed by atoms with Gasteiger partial charge in [0.15, 0.2) is 0 Å². The molecule has 1 rings (SSSR count). The van der Waals surface area contributed by atoms with Gasteiger partial charge >= 0.3 is 0 Å². The highest BCUT2D eigenvalue weighted by Gasteiger charge is 1.85. The van der Waals surface area contributed by atoms with Crippen molar-refractivity contribution in [2.75, 3.05) is 0 Å². The van der Waals surface area contributed by atoms with Crippen LogP contribution in [-0.4, -0.2) is 14.8 Å². The Kier molecular flexibility index (Phi) is 2.48. The zero-order valence-corrected chi connectivity index (χ0v) is 5.64. The Bertz CT molecular complexity index is 144. The molecule has 0 radical (unpaired) electrons. The second-order valence-corrected chi connectivity index (χ2v) is 1.43. The highest BCUT2D eigenvalue weighted by Crippen LogP contribution is 1.81. The Morgan fingerprint density at radius 3 is 2.38 bits per heavy atom. The average Bonchev–Trinajstić information content (AvgIpc) is 1.91. The van der Waals surface area contributed by atoms with Crippen molar-refractivity contribution in [2.45, 2.75) is 6.92 Å². The van der Waals surface area contributed by atoms with E-state index in [-0.39, 0.29) is 12.4 Å². The van der Waals surface area contributed by atoms with E-state index >= 15 is 0 Å². The zero-order valence-electron chi connectivity index (χ0n) is 4.83. The maximum absolute atomic E-state index is 3.87. The number of aryl methyl sites for hydroxylation is 2. The lowest BCUT2D eigenvalue weighted by Gasteiger charge is -1.84. The molecule has 1 aromatic rings. The van der Waals surface area contributed by atoms with Gasteiger partial charge in [-0.1, -0.05) is 0 Å². The van der Waals surface area contributed by atoms with Gasteiger partial charge in [0.25, 0.3) is 0 Å². The summed E-state index contributed by atoms with van der Waals surface area (Å²) in [5.74, 6) is 0.944. The largest absolute Gasteiger partial charge is 0.253 e. The molecule has 1 aromatic heterocycles. The Morgan fingerprint density at radius 1 is 1.62 bits per heavy atom. The summed E-state index contributed by atoms with van der Waals surface area (Å²) >= 11 is 0. The quantitative estimate of drug-likeness (QED) is 0.518. The molecule has 0 fully saturated rings. The van der Waals surface area contributed by atoms with Gasteiger partial charge in [-0.3, -0.25) is 4.68 Å². The molecule has 0 saturated heterocycles. The molecule has 0 aromatic carbocycles. The summed E-state index contributed by atoms with van der Waals surface area (Å²) in [5, 5.41) is 3.82. The molecule has 46 valence electrons. The molecular weight excluding hydrogens is 126 g/mol. The second-order valence-electron chi connectivity index (χ2n) is 1.43. The molecule has 0 atom stereocenters. The van der Waals surface area contributed by atoms with Crippen LogP contribution < -0.4 is 0 Å². The van der Waals surface area contributed by atoms with Crippen molar-refractivity contribution in [2.24, 2.45) is 7.05 Å². The Hall–Kier alpha value is -0.570. The SMILES string of the molecule is Cc1ncnn1C.Cl. The molecule has 0 aliphatic carbocycles. The summed E-state index contributed by atoms with van der Waals surface area (Å²) in [7, 11) is 1.86. The van der Waals surface area contributed by atoms with Gasteiger partial charge < -0.3 is 0 Å². The third-order valence-corrected chi connectivity index (χ3v) is 0.938. The highest BCUT2D eigenvalue weighted by molar-refractivity contribution is 5.85. The van der Waals surface area contributed by atoms with Crippen LogP contribution in [0.3, 0.4) is 0 Å². The molecule has 0 aliphatic rings. The molecule has 0 bridgehead atoms. The molecular formula is C4H8ClN3. The Balaban J connectivity index is 0.000000490. The van der Waals surface area contributed by atoms with Gasteiger partial charge in [0.05, 0.1) is 0 Å². The first-order chi connectivity index (χ1) is 3.30. The van der Waals surface area contributed by atoms with Crippen LogP contribution in [0.4, 0.5) is 0 Å². The molecule has 1 heterocycles. The van der Waals surface area contributed by atoms with Crippen LogP contribution in [0.5, 0.6) is 0 Å². The lowest BCUT2D eigenvalue weighted by atomic mass is 10.7. The van der Waals surface area contributed by atoms with Gasteiger partial charge in [-0.2, -0.15) is 5.10 Å². The molecule has 0 unspecified atom stereocenters. The fourth-order valence-corrected chi connectivity index (χ4v) is 0.354. The van der Waals surface area contributed by atoms with Crippen molar-refractivity contribution in [3.63, 3.8) is 0 Å². The smallest absolute Gasteiger partial charge is 0.138 e. The van der Waals surface area contributed by atoms with Crippen molar-refractivity contribution in [1.82, 2.24) is 14.8 Å². The first-order valence-corrected chi connectivity index (χ1v) is 2.11. The van der Waals surface area contributed by atoms with Gasteiger partial charge in [0.2, 0.25) is 0 Å². The molecule has 0 amide bonds. The molecule has 4 heteroatoms. The number of hydrogen-bond acceptors (Lipinski definition) is 2. The topological polar surface area (TPSA) is 30.7 Å². The van der Waals surface area contributed by atoms with Gasteiger partial charge in [-0.25, -0.2) is 4.98 Å². The van der Waals surface area contributed by atoms with E-state index in [1.54, 1.807) is 4.68 Å². The van der Waals surface area contributed by atoms with E-state index in [9.17, 15) is 0 Å². The minimum absolute atomic E-state index is 0. The number of halogens is 1. The first kappa shape index (κ1) is 7.43. The average molecular weight is 134 g/mol. The number of hydrogen-bond donors (Lipinski definition) is 0. The van der Waals surface area contributed by atoms with Crippen molar-refractivity contribution in [3.05, 3.63) is 12.2 Å². The molecule has 0 N–H and O–H groups in total. The van der Waals surface area contributed by atoms with Gasteiger partial charge in [0.1, 0.15) is 12.2 Å². The van der Waals surface area contributed by atoms with Crippen molar-refractivity contribution < 1.29 is 0 Å². The first-order valence-electron chi connectivity index (χ1n) is 2.11. The van der Waals surface area contributed by atoms with Gasteiger partial charge in [-0.15, -0.1) is 12.4 Å². The highest BCUT2D eigenvalue weighted by atomic mass is 35.5. The van der Waals surface area contributed by atoms with E-state index < -0.39 is 0 Å². The van der Waals surface area contributed by atoms with E-state index in [0.29, 0.717) is 0 Å². The van der Waals surface area contributed by atoms with Crippen LogP contribution in [0.2, 0.25) is 0 Å². The van der Waals surface area contributed by atoms with E-state index in [1.807, 2.05) is 14.0 Å².